The maximum Gasteiger partial charge on any atom is 0.257 e. The van der Waals surface area contributed by atoms with Crippen molar-refractivity contribution in [1.29, 1.82) is 0 Å². The van der Waals surface area contributed by atoms with Crippen LogP contribution in [-0.4, -0.2) is 58.8 Å². The molecule has 3 rings (SSSR count). The third-order valence-corrected chi connectivity index (χ3v) is 5.22. The molecule has 0 spiro atoms. The van der Waals surface area contributed by atoms with Gasteiger partial charge in [0.2, 0.25) is 5.91 Å². The lowest BCUT2D eigenvalue weighted by atomic mass is 10.1. The van der Waals surface area contributed by atoms with Crippen molar-refractivity contribution in [2.75, 3.05) is 31.1 Å². The first-order valence-corrected chi connectivity index (χ1v) is 8.86. The highest BCUT2D eigenvalue weighted by Crippen LogP contribution is 2.24. The summed E-state index contributed by atoms with van der Waals surface area (Å²) >= 11 is 1.80. The Balaban J connectivity index is 1.79. The summed E-state index contributed by atoms with van der Waals surface area (Å²) in [6.45, 7) is 1.75. The molecule has 2 saturated heterocycles. The van der Waals surface area contributed by atoms with Gasteiger partial charge in [-0.2, -0.15) is 11.8 Å². The monoisotopic (exact) mass is 340 g/mol. The van der Waals surface area contributed by atoms with E-state index in [2.05, 4.69) is 0 Å². The molecule has 0 N–H and O–H groups in total. The molecule has 2 fully saturated rings. The van der Waals surface area contributed by atoms with Crippen LogP contribution in [0.3, 0.4) is 0 Å². The molecule has 7 heteroatoms. The van der Waals surface area contributed by atoms with Gasteiger partial charge in [-0.25, -0.2) is 8.78 Å². The molecule has 0 unspecified atom stereocenters. The van der Waals surface area contributed by atoms with Crippen LogP contribution < -0.4 is 0 Å². The number of likely N-dealkylation sites (tertiary alicyclic amines) is 1. The Kier molecular flexibility index (Phi) is 4.84. The van der Waals surface area contributed by atoms with Gasteiger partial charge >= 0.3 is 0 Å². The molecular formula is C16H18F2N2O2S. The Morgan fingerprint density at radius 3 is 2.61 bits per heavy atom. The number of benzene rings is 1. The highest BCUT2D eigenvalue weighted by molar-refractivity contribution is 7.99. The van der Waals surface area contributed by atoms with Crippen LogP contribution in [0, 0.1) is 11.6 Å². The van der Waals surface area contributed by atoms with Crippen LogP contribution in [0.25, 0.3) is 0 Å². The van der Waals surface area contributed by atoms with Gasteiger partial charge in [0.25, 0.3) is 5.91 Å². The van der Waals surface area contributed by atoms with Gasteiger partial charge in [0.15, 0.2) is 0 Å². The van der Waals surface area contributed by atoms with Gasteiger partial charge < -0.3 is 9.80 Å². The summed E-state index contributed by atoms with van der Waals surface area (Å²) in [4.78, 5) is 28.4. The second-order valence-corrected chi connectivity index (χ2v) is 6.94. The van der Waals surface area contributed by atoms with Crippen LogP contribution in [0.1, 0.15) is 23.2 Å². The van der Waals surface area contributed by atoms with Crippen molar-refractivity contribution in [2.24, 2.45) is 0 Å². The van der Waals surface area contributed by atoms with Crippen LogP contribution in [-0.2, 0) is 4.79 Å². The quantitative estimate of drug-likeness (QED) is 0.828. The van der Waals surface area contributed by atoms with Crippen molar-refractivity contribution in [3.8, 4) is 0 Å². The second-order valence-electron chi connectivity index (χ2n) is 5.72. The molecule has 23 heavy (non-hydrogen) atoms. The third kappa shape index (κ3) is 3.34. The molecule has 0 radical (unpaired) electrons. The molecular weight excluding hydrogens is 322 g/mol. The van der Waals surface area contributed by atoms with Crippen molar-refractivity contribution < 1.29 is 18.4 Å². The lowest BCUT2D eigenvalue weighted by Gasteiger charge is -2.32. The van der Waals surface area contributed by atoms with E-state index in [1.165, 1.54) is 4.90 Å². The van der Waals surface area contributed by atoms with Gasteiger partial charge in [-0.15, -0.1) is 0 Å². The molecule has 1 aromatic carbocycles. The lowest BCUT2D eigenvalue weighted by Crippen LogP contribution is -2.50. The van der Waals surface area contributed by atoms with Crippen molar-refractivity contribution in [3.05, 3.63) is 35.4 Å². The Morgan fingerprint density at radius 2 is 1.87 bits per heavy atom. The van der Waals surface area contributed by atoms with E-state index < -0.39 is 23.6 Å². The first-order chi connectivity index (χ1) is 11.1. The summed E-state index contributed by atoms with van der Waals surface area (Å²) < 4.78 is 27.2. The van der Waals surface area contributed by atoms with E-state index in [-0.39, 0.29) is 11.5 Å². The van der Waals surface area contributed by atoms with Crippen LogP contribution in [0.2, 0.25) is 0 Å². The van der Waals surface area contributed by atoms with Crippen molar-refractivity contribution in [3.63, 3.8) is 0 Å². The minimum atomic E-state index is -0.760. The predicted octanol–water partition coefficient (Wildman–Crippen LogP) is 2.14. The fraction of sp³-hybridized carbons (Fsp3) is 0.500. The predicted molar refractivity (Wildman–Crippen MR) is 84.3 cm³/mol. The molecule has 124 valence electrons. The fourth-order valence-electron chi connectivity index (χ4n) is 3.08. The van der Waals surface area contributed by atoms with Gasteiger partial charge in [0.1, 0.15) is 17.7 Å². The van der Waals surface area contributed by atoms with E-state index >= 15 is 0 Å². The van der Waals surface area contributed by atoms with Gasteiger partial charge in [-0.3, -0.25) is 9.59 Å². The SMILES string of the molecule is O=C([C@H]1CCCN1C(=O)c1cc(F)ccc1F)N1CCSCC1. The molecule has 0 bridgehead atoms. The van der Waals surface area contributed by atoms with Crippen molar-refractivity contribution in [1.82, 2.24) is 9.80 Å². The number of amides is 2. The molecule has 0 aliphatic carbocycles. The minimum Gasteiger partial charge on any atom is -0.339 e. The molecule has 2 aliphatic heterocycles. The summed E-state index contributed by atoms with van der Waals surface area (Å²) in [7, 11) is 0. The molecule has 2 heterocycles. The van der Waals surface area contributed by atoms with Crippen molar-refractivity contribution in [2.45, 2.75) is 18.9 Å². The first-order valence-electron chi connectivity index (χ1n) is 7.70. The maximum atomic E-state index is 13.8. The van der Waals surface area contributed by atoms with E-state index in [9.17, 15) is 18.4 Å². The number of carbonyl (C=O) groups is 2. The molecule has 2 aliphatic rings. The highest BCUT2D eigenvalue weighted by atomic mass is 32.2. The molecule has 1 atom stereocenters. The molecule has 0 saturated carbocycles. The Labute approximate surface area is 137 Å². The summed E-state index contributed by atoms with van der Waals surface area (Å²) in [6.07, 6.45) is 1.27. The normalized spacial score (nSPS) is 21.6. The molecule has 4 nitrogen and oxygen atoms in total. The average Bonchev–Trinajstić information content (AvgIpc) is 3.06. The number of thioether (sulfide) groups is 1. The smallest absolute Gasteiger partial charge is 0.257 e. The van der Waals surface area contributed by atoms with E-state index in [0.29, 0.717) is 32.5 Å². The summed E-state index contributed by atoms with van der Waals surface area (Å²) in [5.74, 6) is -0.318. The zero-order chi connectivity index (χ0) is 16.4. The Hall–Kier alpha value is -1.63. The summed E-state index contributed by atoms with van der Waals surface area (Å²) in [5.41, 5.74) is -0.307. The largest absolute Gasteiger partial charge is 0.339 e. The molecule has 1 aromatic rings. The number of hydrogen-bond donors (Lipinski definition) is 0. The number of halogens is 2. The van der Waals surface area contributed by atoms with E-state index in [1.807, 2.05) is 0 Å². The second kappa shape index (κ2) is 6.86. The number of hydrogen-bond acceptors (Lipinski definition) is 3. The van der Waals surface area contributed by atoms with Gasteiger partial charge in [-0.1, -0.05) is 0 Å². The molecule has 0 aromatic heterocycles. The number of rotatable bonds is 2. The number of carbonyl (C=O) groups excluding carboxylic acids is 2. The minimum absolute atomic E-state index is 0.0760. The maximum absolute atomic E-state index is 13.8. The van der Waals surface area contributed by atoms with Crippen LogP contribution in [0.15, 0.2) is 18.2 Å². The first kappa shape index (κ1) is 16.2. The highest BCUT2D eigenvalue weighted by Gasteiger charge is 2.37. The van der Waals surface area contributed by atoms with E-state index in [4.69, 9.17) is 0 Å². The molecule has 2 amide bonds. The van der Waals surface area contributed by atoms with Crippen molar-refractivity contribution >= 4 is 23.6 Å². The average molecular weight is 340 g/mol. The van der Waals surface area contributed by atoms with Crippen LogP contribution in [0.5, 0.6) is 0 Å². The van der Waals surface area contributed by atoms with Gasteiger partial charge in [0.05, 0.1) is 5.56 Å². The topological polar surface area (TPSA) is 40.6 Å². The van der Waals surface area contributed by atoms with Crippen LogP contribution >= 0.6 is 11.8 Å². The number of nitrogens with zero attached hydrogens (tertiary/aromatic N) is 2. The standard InChI is InChI=1S/C16H18F2N2O2S/c17-11-3-4-13(18)12(10-11)15(21)20-5-1-2-14(20)16(22)19-6-8-23-9-7-19/h3-4,10,14H,1-2,5-9H2/t14-/m1/s1. The lowest BCUT2D eigenvalue weighted by molar-refractivity contribution is -0.134. The van der Waals surface area contributed by atoms with Gasteiger partial charge in [-0.05, 0) is 31.0 Å². The third-order valence-electron chi connectivity index (χ3n) is 4.28. The Morgan fingerprint density at radius 1 is 1.13 bits per heavy atom. The zero-order valence-electron chi connectivity index (χ0n) is 12.6. The van der Waals surface area contributed by atoms with E-state index in [1.54, 1.807) is 16.7 Å². The van der Waals surface area contributed by atoms with E-state index in [0.717, 1.165) is 29.7 Å². The summed E-state index contributed by atoms with van der Waals surface area (Å²) in [6, 6.07) is 2.25. The van der Waals surface area contributed by atoms with Gasteiger partial charge in [0, 0.05) is 31.1 Å². The van der Waals surface area contributed by atoms with Crippen LogP contribution in [0.4, 0.5) is 8.78 Å². The zero-order valence-corrected chi connectivity index (χ0v) is 13.5. The fourth-order valence-corrected chi connectivity index (χ4v) is 3.98. The summed E-state index contributed by atoms with van der Waals surface area (Å²) in [5, 5.41) is 0. The Bertz CT molecular complexity index is 620.